The summed E-state index contributed by atoms with van der Waals surface area (Å²) in [6.07, 6.45) is 1.60. The molecule has 4 amide bonds. The Morgan fingerprint density at radius 2 is 1.79 bits per heavy atom. The minimum atomic E-state index is -1.29. The van der Waals surface area contributed by atoms with Crippen molar-refractivity contribution in [2.24, 2.45) is 0 Å². The van der Waals surface area contributed by atoms with Gasteiger partial charge in [0.25, 0.3) is 0 Å². The van der Waals surface area contributed by atoms with E-state index in [0.29, 0.717) is 6.61 Å². The average Bonchev–Trinajstić information content (AvgIpc) is 3.20. The van der Waals surface area contributed by atoms with E-state index in [1.54, 1.807) is 0 Å². The summed E-state index contributed by atoms with van der Waals surface area (Å²) >= 11 is 0. The van der Waals surface area contributed by atoms with Gasteiger partial charge in [0, 0.05) is 6.54 Å². The van der Waals surface area contributed by atoms with E-state index in [1.807, 2.05) is 0 Å². The summed E-state index contributed by atoms with van der Waals surface area (Å²) in [5, 5.41) is 10.1. The molecule has 2 saturated heterocycles. The SMILES string of the molecule is C=CCN1C(=O)N(CC=C)C(O)N(CC2CO2)C1=O. The fourth-order valence-corrected chi connectivity index (χ4v) is 1.92. The average molecular weight is 267 g/mol. The van der Waals surface area contributed by atoms with E-state index >= 15 is 0 Å². The molecule has 2 rings (SSSR count). The predicted octanol–water partition coefficient (Wildman–Crippen LogP) is 0.193. The number of aliphatic hydroxyl groups excluding tert-OH is 1. The minimum absolute atomic E-state index is 0.0667. The highest BCUT2D eigenvalue weighted by Crippen LogP contribution is 2.21. The number of ether oxygens (including phenoxy) is 1. The maximum absolute atomic E-state index is 12.2. The third kappa shape index (κ3) is 2.61. The van der Waals surface area contributed by atoms with E-state index in [2.05, 4.69) is 13.2 Å². The van der Waals surface area contributed by atoms with Crippen molar-refractivity contribution in [2.45, 2.75) is 12.5 Å². The van der Waals surface area contributed by atoms with Crippen LogP contribution in [0.4, 0.5) is 9.59 Å². The Morgan fingerprint density at radius 3 is 2.32 bits per heavy atom. The number of aliphatic hydroxyl groups is 1. The molecule has 1 N–H and O–H groups in total. The second-order valence-corrected chi connectivity index (χ2v) is 4.36. The molecule has 0 saturated carbocycles. The zero-order valence-corrected chi connectivity index (χ0v) is 10.6. The van der Waals surface area contributed by atoms with Crippen LogP contribution in [-0.4, -0.2) is 70.6 Å². The van der Waals surface area contributed by atoms with Crippen LogP contribution in [0.2, 0.25) is 0 Å². The molecule has 2 atom stereocenters. The van der Waals surface area contributed by atoms with Gasteiger partial charge in [-0.05, 0) is 0 Å². The Bertz CT molecular complexity index is 408. The number of urea groups is 2. The van der Waals surface area contributed by atoms with Gasteiger partial charge in [0.15, 0.2) is 0 Å². The van der Waals surface area contributed by atoms with Gasteiger partial charge in [-0.25, -0.2) is 14.5 Å². The van der Waals surface area contributed by atoms with Crippen LogP contribution >= 0.6 is 0 Å². The Kier molecular flexibility index (Phi) is 3.87. The first kappa shape index (κ1) is 13.6. The minimum Gasteiger partial charge on any atom is -0.371 e. The van der Waals surface area contributed by atoms with Crippen molar-refractivity contribution in [1.82, 2.24) is 14.7 Å². The number of imide groups is 1. The Balaban J connectivity index is 2.20. The van der Waals surface area contributed by atoms with Gasteiger partial charge < -0.3 is 9.84 Å². The molecule has 7 heteroatoms. The van der Waals surface area contributed by atoms with Crippen LogP contribution in [-0.2, 0) is 4.74 Å². The summed E-state index contributed by atoms with van der Waals surface area (Å²) < 4.78 is 5.06. The van der Waals surface area contributed by atoms with Gasteiger partial charge in [0.05, 0.1) is 25.8 Å². The third-order valence-electron chi connectivity index (χ3n) is 2.95. The van der Waals surface area contributed by atoms with Crippen molar-refractivity contribution < 1.29 is 19.4 Å². The molecular weight excluding hydrogens is 250 g/mol. The standard InChI is InChI=1S/C12H17N3O4/c1-3-5-13-10(16)14(6-4-2)12(18)15(11(13)17)7-9-8-19-9/h3-4,9,11,17H,1-2,5-8H2. The van der Waals surface area contributed by atoms with E-state index in [0.717, 1.165) is 4.90 Å². The lowest BCUT2D eigenvalue weighted by Crippen LogP contribution is -2.66. The fourth-order valence-electron chi connectivity index (χ4n) is 1.92. The monoisotopic (exact) mass is 267 g/mol. The smallest absolute Gasteiger partial charge is 0.332 e. The van der Waals surface area contributed by atoms with Crippen molar-refractivity contribution in [3.63, 3.8) is 0 Å². The first-order chi connectivity index (χ1) is 9.10. The normalized spacial score (nSPS) is 26.7. The maximum atomic E-state index is 12.2. The highest BCUT2D eigenvalue weighted by atomic mass is 16.6. The second-order valence-electron chi connectivity index (χ2n) is 4.36. The lowest BCUT2D eigenvalue weighted by molar-refractivity contribution is -0.0893. The van der Waals surface area contributed by atoms with Crippen molar-refractivity contribution in [2.75, 3.05) is 26.2 Å². The summed E-state index contributed by atoms with van der Waals surface area (Å²) in [5.74, 6) is 0. The van der Waals surface area contributed by atoms with Crippen LogP contribution in [0.5, 0.6) is 0 Å². The number of amides is 4. The first-order valence-electron chi connectivity index (χ1n) is 6.00. The molecule has 0 aromatic carbocycles. The number of epoxide rings is 1. The van der Waals surface area contributed by atoms with Crippen molar-refractivity contribution in [3.05, 3.63) is 25.3 Å². The summed E-state index contributed by atoms with van der Waals surface area (Å²) in [6, 6.07) is -1.08. The lowest BCUT2D eigenvalue weighted by Gasteiger charge is -2.43. The van der Waals surface area contributed by atoms with Crippen molar-refractivity contribution >= 4 is 12.1 Å². The molecule has 0 bridgehead atoms. The molecule has 0 aromatic heterocycles. The van der Waals surface area contributed by atoms with Gasteiger partial charge in [-0.1, -0.05) is 12.2 Å². The van der Waals surface area contributed by atoms with Gasteiger partial charge in [0.2, 0.25) is 6.35 Å². The van der Waals surface area contributed by atoms with Crippen molar-refractivity contribution in [3.8, 4) is 0 Å². The summed E-state index contributed by atoms with van der Waals surface area (Å²) in [5.41, 5.74) is 0. The van der Waals surface area contributed by atoms with E-state index in [1.165, 1.54) is 22.0 Å². The fraction of sp³-hybridized carbons (Fsp3) is 0.500. The van der Waals surface area contributed by atoms with Gasteiger partial charge in [0.1, 0.15) is 0 Å². The molecule has 104 valence electrons. The van der Waals surface area contributed by atoms with Gasteiger partial charge in [-0.3, -0.25) is 9.80 Å². The molecule has 2 aliphatic heterocycles. The predicted molar refractivity (Wildman–Crippen MR) is 67.1 cm³/mol. The Hall–Kier alpha value is -1.86. The molecule has 2 fully saturated rings. The number of nitrogens with zero attached hydrogens (tertiary/aromatic N) is 3. The number of rotatable bonds is 6. The lowest BCUT2D eigenvalue weighted by atomic mass is 10.3. The first-order valence-corrected chi connectivity index (χ1v) is 6.00. The van der Waals surface area contributed by atoms with Gasteiger partial charge in [-0.2, -0.15) is 0 Å². The summed E-state index contributed by atoms with van der Waals surface area (Å²) in [7, 11) is 0. The zero-order chi connectivity index (χ0) is 14.0. The molecule has 0 spiro atoms. The van der Waals surface area contributed by atoms with Gasteiger partial charge >= 0.3 is 12.1 Å². The third-order valence-corrected chi connectivity index (χ3v) is 2.95. The van der Waals surface area contributed by atoms with E-state index in [9.17, 15) is 14.7 Å². The molecule has 2 unspecified atom stereocenters. The number of carbonyl (C=O) groups excluding carboxylic acids is 2. The molecular formula is C12H17N3O4. The van der Waals surface area contributed by atoms with Crippen LogP contribution in [0.25, 0.3) is 0 Å². The molecule has 0 radical (unpaired) electrons. The van der Waals surface area contributed by atoms with E-state index in [-0.39, 0.29) is 25.7 Å². The van der Waals surface area contributed by atoms with Crippen LogP contribution in [0.1, 0.15) is 0 Å². The molecule has 0 aliphatic carbocycles. The Morgan fingerprint density at radius 1 is 1.21 bits per heavy atom. The zero-order valence-electron chi connectivity index (χ0n) is 10.6. The molecule has 2 aliphatic rings. The van der Waals surface area contributed by atoms with Crippen LogP contribution < -0.4 is 0 Å². The molecule has 7 nitrogen and oxygen atoms in total. The van der Waals surface area contributed by atoms with E-state index < -0.39 is 18.4 Å². The highest BCUT2D eigenvalue weighted by Gasteiger charge is 2.44. The highest BCUT2D eigenvalue weighted by molar-refractivity contribution is 5.96. The maximum Gasteiger partial charge on any atom is 0.332 e. The summed E-state index contributed by atoms with van der Waals surface area (Å²) in [6.45, 7) is 8.14. The topological polar surface area (TPSA) is 76.6 Å². The van der Waals surface area contributed by atoms with Gasteiger partial charge in [-0.15, -0.1) is 13.2 Å². The summed E-state index contributed by atoms with van der Waals surface area (Å²) in [4.78, 5) is 27.7. The number of hydrogen-bond donors (Lipinski definition) is 1. The van der Waals surface area contributed by atoms with Crippen molar-refractivity contribution in [1.29, 1.82) is 0 Å². The molecule has 2 heterocycles. The number of carbonyl (C=O) groups is 2. The number of hydrogen-bond acceptors (Lipinski definition) is 4. The second kappa shape index (κ2) is 5.41. The largest absolute Gasteiger partial charge is 0.371 e. The van der Waals surface area contributed by atoms with E-state index in [4.69, 9.17) is 4.74 Å². The van der Waals surface area contributed by atoms with Crippen LogP contribution in [0.15, 0.2) is 25.3 Å². The van der Waals surface area contributed by atoms with Crippen LogP contribution in [0, 0.1) is 0 Å². The van der Waals surface area contributed by atoms with Crippen LogP contribution in [0.3, 0.4) is 0 Å². The quantitative estimate of drug-likeness (QED) is 0.550. The molecule has 19 heavy (non-hydrogen) atoms. The molecule has 0 aromatic rings. The Labute approximate surface area is 111 Å².